The number of aromatic nitrogens is 2. The minimum absolute atomic E-state index is 0.0449. The van der Waals surface area contributed by atoms with Gasteiger partial charge in [0.25, 0.3) is 0 Å². The van der Waals surface area contributed by atoms with E-state index in [1.54, 1.807) is 0 Å². The Balaban J connectivity index is 2.07. The molecule has 0 fully saturated rings. The fourth-order valence-electron chi connectivity index (χ4n) is 1.90. The van der Waals surface area contributed by atoms with Crippen molar-refractivity contribution in [3.8, 4) is 0 Å². The Bertz CT molecular complexity index is 648. The molecule has 1 aromatic heterocycles. The van der Waals surface area contributed by atoms with Crippen molar-refractivity contribution in [2.75, 3.05) is 0 Å². The zero-order valence-corrected chi connectivity index (χ0v) is 14.1. The molecule has 2 aromatic rings. The number of hydrogen-bond donors (Lipinski definition) is 2. The van der Waals surface area contributed by atoms with Crippen LogP contribution in [-0.4, -0.2) is 26.7 Å². The number of nitrogens with one attached hydrogen (secondary N) is 2. The van der Waals surface area contributed by atoms with Crippen molar-refractivity contribution in [3.05, 3.63) is 23.8 Å². The maximum Gasteiger partial charge on any atom is 0.233 e. The predicted molar refractivity (Wildman–Crippen MR) is 88.7 cm³/mol. The van der Waals surface area contributed by atoms with E-state index >= 15 is 0 Å². The summed E-state index contributed by atoms with van der Waals surface area (Å²) in [5.41, 5.74) is 2.97. The molecule has 0 aliphatic carbocycles. The molecule has 1 unspecified atom stereocenters. The standard InChI is InChI=1S/C16H23N3OS/c1-6-16(4,5)19-14(20)11(3)21-15-17-12-8-7-10(2)9-13(12)18-15/h7-9,11H,6H2,1-5H3,(H,17,18)(H,19,20). The average Bonchev–Trinajstić information content (AvgIpc) is 2.79. The maximum absolute atomic E-state index is 12.2. The number of aryl methyl sites for hydroxylation is 1. The SMILES string of the molecule is CCC(C)(C)NC(=O)C(C)Sc1nc2ccc(C)cc2[nH]1. The number of carbonyl (C=O) groups is 1. The van der Waals surface area contributed by atoms with Gasteiger partial charge in [0.1, 0.15) is 0 Å². The number of carbonyl (C=O) groups excluding carboxylic acids is 1. The van der Waals surface area contributed by atoms with E-state index in [0.717, 1.165) is 22.6 Å². The van der Waals surface area contributed by atoms with Gasteiger partial charge in [-0.1, -0.05) is 24.8 Å². The molecule has 1 aromatic carbocycles. The number of amides is 1. The largest absolute Gasteiger partial charge is 0.350 e. The Labute approximate surface area is 130 Å². The lowest BCUT2D eigenvalue weighted by atomic mass is 10.0. The number of benzene rings is 1. The first-order valence-electron chi connectivity index (χ1n) is 7.26. The predicted octanol–water partition coefficient (Wildman–Crippen LogP) is 3.66. The summed E-state index contributed by atoms with van der Waals surface area (Å²) in [6, 6.07) is 6.10. The number of thioether (sulfide) groups is 1. The van der Waals surface area contributed by atoms with E-state index in [4.69, 9.17) is 0 Å². The van der Waals surface area contributed by atoms with E-state index in [2.05, 4.69) is 35.2 Å². The van der Waals surface area contributed by atoms with Crippen LogP contribution in [0.5, 0.6) is 0 Å². The van der Waals surface area contributed by atoms with Crippen LogP contribution in [-0.2, 0) is 4.79 Å². The van der Waals surface area contributed by atoms with Crippen molar-refractivity contribution in [1.29, 1.82) is 0 Å². The average molecular weight is 305 g/mol. The number of imidazole rings is 1. The van der Waals surface area contributed by atoms with Crippen molar-refractivity contribution in [1.82, 2.24) is 15.3 Å². The lowest BCUT2D eigenvalue weighted by Crippen LogP contribution is -2.46. The van der Waals surface area contributed by atoms with Crippen LogP contribution in [0.4, 0.5) is 0 Å². The fourth-order valence-corrected chi connectivity index (χ4v) is 2.72. The molecule has 0 radical (unpaired) electrons. The topological polar surface area (TPSA) is 57.8 Å². The Hall–Kier alpha value is -1.49. The van der Waals surface area contributed by atoms with E-state index < -0.39 is 0 Å². The summed E-state index contributed by atoms with van der Waals surface area (Å²) in [4.78, 5) is 20.0. The number of nitrogens with zero attached hydrogens (tertiary/aromatic N) is 1. The van der Waals surface area contributed by atoms with Gasteiger partial charge < -0.3 is 10.3 Å². The Morgan fingerprint density at radius 1 is 1.48 bits per heavy atom. The lowest BCUT2D eigenvalue weighted by molar-refractivity contribution is -0.121. The summed E-state index contributed by atoms with van der Waals surface area (Å²) in [5.74, 6) is 0.0449. The Morgan fingerprint density at radius 3 is 2.86 bits per heavy atom. The van der Waals surface area contributed by atoms with Gasteiger partial charge in [0.05, 0.1) is 16.3 Å². The fraction of sp³-hybridized carbons (Fsp3) is 0.500. The minimum atomic E-state index is -0.183. The maximum atomic E-state index is 12.2. The van der Waals surface area contributed by atoms with Gasteiger partial charge in [-0.2, -0.15) is 0 Å². The molecule has 4 nitrogen and oxygen atoms in total. The molecule has 2 rings (SSSR count). The van der Waals surface area contributed by atoms with Gasteiger partial charge in [0.15, 0.2) is 5.16 Å². The molecular formula is C16H23N3OS. The van der Waals surface area contributed by atoms with E-state index in [-0.39, 0.29) is 16.7 Å². The first-order valence-corrected chi connectivity index (χ1v) is 8.14. The van der Waals surface area contributed by atoms with Gasteiger partial charge in [0.2, 0.25) is 5.91 Å². The second-order valence-corrected chi connectivity index (χ2v) is 7.38. The minimum Gasteiger partial charge on any atom is -0.350 e. The van der Waals surface area contributed by atoms with E-state index in [1.807, 2.05) is 32.9 Å². The summed E-state index contributed by atoms with van der Waals surface area (Å²) < 4.78 is 0. The number of H-pyrrole nitrogens is 1. The molecule has 114 valence electrons. The molecule has 21 heavy (non-hydrogen) atoms. The second-order valence-electron chi connectivity index (χ2n) is 6.05. The van der Waals surface area contributed by atoms with Gasteiger partial charge in [0, 0.05) is 5.54 Å². The molecule has 0 aliphatic heterocycles. The molecule has 1 amide bonds. The highest BCUT2D eigenvalue weighted by atomic mass is 32.2. The summed E-state index contributed by atoms with van der Waals surface area (Å²) in [7, 11) is 0. The van der Waals surface area contributed by atoms with Crippen molar-refractivity contribution in [2.45, 2.75) is 57.0 Å². The molecule has 0 spiro atoms. The first kappa shape index (κ1) is 15.9. The van der Waals surface area contributed by atoms with Crippen LogP contribution in [0.3, 0.4) is 0 Å². The summed E-state index contributed by atoms with van der Waals surface area (Å²) >= 11 is 1.46. The van der Waals surface area contributed by atoms with Crippen LogP contribution in [0.25, 0.3) is 11.0 Å². The van der Waals surface area contributed by atoms with Crippen molar-refractivity contribution in [3.63, 3.8) is 0 Å². The van der Waals surface area contributed by atoms with Crippen LogP contribution in [0.2, 0.25) is 0 Å². The van der Waals surface area contributed by atoms with Crippen molar-refractivity contribution < 1.29 is 4.79 Å². The lowest BCUT2D eigenvalue weighted by Gasteiger charge is -2.26. The van der Waals surface area contributed by atoms with Gasteiger partial charge in [-0.25, -0.2) is 4.98 Å². The van der Waals surface area contributed by atoms with Gasteiger partial charge in [-0.3, -0.25) is 4.79 Å². The molecule has 0 saturated heterocycles. The number of aromatic amines is 1. The molecule has 0 aliphatic rings. The quantitative estimate of drug-likeness (QED) is 0.829. The van der Waals surface area contributed by atoms with Crippen LogP contribution < -0.4 is 5.32 Å². The normalized spacial score (nSPS) is 13.4. The Morgan fingerprint density at radius 2 is 2.19 bits per heavy atom. The smallest absolute Gasteiger partial charge is 0.233 e. The van der Waals surface area contributed by atoms with Gasteiger partial charge in [-0.05, 0) is 51.8 Å². The highest BCUT2D eigenvalue weighted by Crippen LogP contribution is 2.24. The van der Waals surface area contributed by atoms with Crippen molar-refractivity contribution >= 4 is 28.7 Å². The molecular weight excluding hydrogens is 282 g/mol. The molecule has 1 heterocycles. The van der Waals surface area contributed by atoms with Gasteiger partial charge >= 0.3 is 0 Å². The molecule has 0 saturated carbocycles. The number of hydrogen-bond acceptors (Lipinski definition) is 3. The monoisotopic (exact) mass is 305 g/mol. The Kier molecular flexibility index (Phi) is 4.61. The summed E-state index contributed by atoms with van der Waals surface area (Å²) in [6.07, 6.45) is 0.903. The number of rotatable bonds is 5. The van der Waals surface area contributed by atoms with E-state index in [1.165, 1.54) is 17.3 Å². The molecule has 5 heteroatoms. The van der Waals surface area contributed by atoms with Gasteiger partial charge in [-0.15, -0.1) is 0 Å². The van der Waals surface area contributed by atoms with Crippen LogP contribution in [0.1, 0.15) is 39.7 Å². The van der Waals surface area contributed by atoms with Crippen LogP contribution in [0.15, 0.2) is 23.4 Å². The van der Waals surface area contributed by atoms with E-state index in [0.29, 0.717) is 0 Å². The zero-order valence-electron chi connectivity index (χ0n) is 13.3. The van der Waals surface area contributed by atoms with Crippen LogP contribution >= 0.6 is 11.8 Å². The highest BCUT2D eigenvalue weighted by Gasteiger charge is 2.23. The second kappa shape index (κ2) is 6.10. The molecule has 2 N–H and O–H groups in total. The third-order valence-electron chi connectivity index (χ3n) is 3.62. The summed E-state index contributed by atoms with van der Waals surface area (Å²) in [5, 5.41) is 3.67. The zero-order chi connectivity index (χ0) is 15.6. The third-order valence-corrected chi connectivity index (χ3v) is 4.60. The van der Waals surface area contributed by atoms with E-state index in [9.17, 15) is 4.79 Å². The highest BCUT2D eigenvalue weighted by molar-refractivity contribution is 8.00. The number of fused-ring (bicyclic) bond motifs is 1. The third kappa shape index (κ3) is 4.00. The first-order chi connectivity index (χ1) is 9.80. The summed E-state index contributed by atoms with van der Waals surface area (Å²) in [6.45, 7) is 10.1. The van der Waals surface area contributed by atoms with Crippen molar-refractivity contribution in [2.24, 2.45) is 0 Å². The van der Waals surface area contributed by atoms with Crippen LogP contribution in [0, 0.1) is 6.92 Å². The molecule has 0 bridgehead atoms. The molecule has 1 atom stereocenters.